The molecule has 5 heteroatoms. The summed E-state index contributed by atoms with van der Waals surface area (Å²) >= 11 is 0. The Morgan fingerprint density at radius 2 is 1.95 bits per heavy atom. The van der Waals surface area contributed by atoms with Crippen LogP contribution in [0, 0.1) is 24.0 Å². The zero-order valence-electron chi connectivity index (χ0n) is 11.6. The predicted molar refractivity (Wildman–Crippen MR) is 79.0 cm³/mol. The topological polar surface area (TPSA) is 68.1 Å². The minimum Gasteiger partial charge on any atom is -0.364 e. The van der Waals surface area contributed by atoms with E-state index in [4.69, 9.17) is 0 Å². The summed E-state index contributed by atoms with van der Waals surface area (Å²) in [6, 6.07) is 9.76. The summed E-state index contributed by atoms with van der Waals surface area (Å²) in [5.74, 6) is 0.337. The summed E-state index contributed by atoms with van der Waals surface area (Å²) in [4.78, 5) is 14.7. The van der Waals surface area contributed by atoms with Gasteiger partial charge in [0.15, 0.2) is 0 Å². The fourth-order valence-corrected chi connectivity index (χ4v) is 2.12. The van der Waals surface area contributed by atoms with Crippen molar-refractivity contribution in [1.82, 2.24) is 4.98 Å². The molecule has 0 saturated carbocycles. The Bertz CT molecular complexity index is 626. The first kappa shape index (κ1) is 14.0. The van der Waals surface area contributed by atoms with Crippen LogP contribution in [0.2, 0.25) is 0 Å². The number of hydrogen-bond acceptors (Lipinski definition) is 4. The summed E-state index contributed by atoms with van der Waals surface area (Å²) < 4.78 is 0. The summed E-state index contributed by atoms with van der Waals surface area (Å²) in [6.07, 6.45) is 2.39. The molecule has 0 bridgehead atoms. The third-order valence-corrected chi connectivity index (χ3v) is 3.26. The van der Waals surface area contributed by atoms with E-state index in [2.05, 4.69) is 29.4 Å². The average Bonchev–Trinajstić information content (AvgIpc) is 2.40. The Labute approximate surface area is 117 Å². The molecular weight excluding hydrogens is 254 g/mol. The summed E-state index contributed by atoms with van der Waals surface area (Å²) in [5.41, 5.74) is 3.12. The molecule has 0 unspecified atom stereocenters. The molecule has 1 N–H and O–H groups in total. The normalized spacial score (nSPS) is 10.3. The van der Waals surface area contributed by atoms with Gasteiger partial charge in [0.05, 0.1) is 4.92 Å². The first-order chi connectivity index (χ1) is 9.59. The third kappa shape index (κ3) is 3.12. The minimum absolute atomic E-state index is 0.0530. The molecule has 2 aromatic rings. The first-order valence-corrected chi connectivity index (χ1v) is 6.48. The Morgan fingerprint density at radius 1 is 1.20 bits per heavy atom. The smallest absolute Gasteiger partial charge is 0.314 e. The molecule has 1 heterocycles. The highest BCUT2D eigenvalue weighted by Crippen LogP contribution is 2.25. The average molecular weight is 271 g/mol. The van der Waals surface area contributed by atoms with E-state index in [-0.39, 0.29) is 5.69 Å². The standard InChI is InChI=1S/C15H17N3O2/c1-11-5-3-4-6-13(11)8-10-17-15-14(18(19)20)12(2)7-9-16-15/h3-7,9H,8,10H2,1-2H3,(H,16,17). The van der Waals surface area contributed by atoms with Gasteiger partial charge in [-0.25, -0.2) is 4.98 Å². The highest BCUT2D eigenvalue weighted by molar-refractivity contribution is 5.59. The molecule has 2 rings (SSSR count). The van der Waals surface area contributed by atoms with Gasteiger partial charge in [-0.2, -0.15) is 0 Å². The van der Waals surface area contributed by atoms with Gasteiger partial charge in [0, 0.05) is 18.3 Å². The second kappa shape index (κ2) is 6.14. The predicted octanol–water partition coefficient (Wildman–Crippen LogP) is 3.26. The van der Waals surface area contributed by atoms with Crippen molar-refractivity contribution in [3.05, 3.63) is 63.3 Å². The number of aromatic nitrogens is 1. The molecule has 5 nitrogen and oxygen atoms in total. The zero-order valence-corrected chi connectivity index (χ0v) is 11.6. The van der Waals surface area contributed by atoms with E-state index in [1.807, 2.05) is 12.1 Å². The summed E-state index contributed by atoms with van der Waals surface area (Å²) in [5, 5.41) is 14.1. The van der Waals surface area contributed by atoms with Gasteiger partial charge in [-0.15, -0.1) is 0 Å². The maximum atomic E-state index is 11.1. The van der Waals surface area contributed by atoms with Crippen molar-refractivity contribution in [3.63, 3.8) is 0 Å². The second-order valence-corrected chi connectivity index (χ2v) is 4.69. The van der Waals surface area contributed by atoms with E-state index in [9.17, 15) is 10.1 Å². The summed E-state index contributed by atoms with van der Waals surface area (Å²) in [7, 11) is 0. The molecule has 0 atom stereocenters. The molecule has 0 aliphatic heterocycles. The summed E-state index contributed by atoms with van der Waals surface area (Å²) in [6.45, 7) is 4.39. The van der Waals surface area contributed by atoms with Crippen LogP contribution in [0.25, 0.3) is 0 Å². The number of benzene rings is 1. The van der Waals surface area contributed by atoms with Crippen LogP contribution in [-0.2, 0) is 6.42 Å². The number of anilines is 1. The van der Waals surface area contributed by atoms with Gasteiger partial charge in [-0.05, 0) is 37.5 Å². The molecule has 0 fully saturated rings. The minimum atomic E-state index is -0.390. The van der Waals surface area contributed by atoms with Crippen LogP contribution >= 0.6 is 0 Å². The lowest BCUT2D eigenvalue weighted by molar-refractivity contribution is -0.384. The fraction of sp³-hybridized carbons (Fsp3) is 0.267. The van der Waals surface area contributed by atoms with Gasteiger partial charge in [0.2, 0.25) is 5.82 Å². The van der Waals surface area contributed by atoms with Crippen molar-refractivity contribution in [2.75, 3.05) is 11.9 Å². The molecule has 0 saturated heterocycles. The van der Waals surface area contributed by atoms with E-state index in [0.717, 1.165) is 6.42 Å². The first-order valence-electron chi connectivity index (χ1n) is 6.48. The van der Waals surface area contributed by atoms with Crippen molar-refractivity contribution in [1.29, 1.82) is 0 Å². The van der Waals surface area contributed by atoms with Crippen molar-refractivity contribution in [2.24, 2.45) is 0 Å². The quantitative estimate of drug-likeness (QED) is 0.669. The van der Waals surface area contributed by atoms with Gasteiger partial charge in [0.25, 0.3) is 0 Å². The molecule has 104 valence electrons. The van der Waals surface area contributed by atoms with Crippen LogP contribution in [0.15, 0.2) is 36.5 Å². The molecule has 1 aromatic heterocycles. The van der Waals surface area contributed by atoms with Crippen molar-refractivity contribution < 1.29 is 4.92 Å². The molecule has 0 amide bonds. The van der Waals surface area contributed by atoms with Gasteiger partial charge in [-0.3, -0.25) is 10.1 Å². The number of pyridine rings is 1. The Balaban J connectivity index is 2.07. The van der Waals surface area contributed by atoms with Crippen molar-refractivity contribution in [3.8, 4) is 0 Å². The molecular formula is C15H17N3O2. The third-order valence-electron chi connectivity index (χ3n) is 3.26. The van der Waals surface area contributed by atoms with Crippen LogP contribution in [0.5, 0.6) is 0 Å². The number of hydrogen-bond donors (Lipinski definition) is 1. The number of rotatable bonds is 5. The lowest BCUT2D eigenvalue weighted by Crippen LogP contribution is -2.09. The molecule has 0 spiro atoms. The maximum absolute atomic E-state index is 11.1. The van der Waals surface area contributed by atoms with Gasteiger partial charge >= 0.3 is 5.69 Å². The number of nitro groups is 1. The monoisotopic (exact) mass is 271 g/mol. The van der Waals surface area contributed by atoms with Crippen LogP contribution < -0.4 is 5.32 Å². The van der Waals surface area contributed by atoms with Gasteiger partial charge in [-0.1, -0.05) is 24.3 Å². The highest BCUT2D eigenvalue weighted by atomic mass is 16.6. The molecule has 0 aliphatic rings. The Hall–Kier alpha value is -2.43. The van der Waals surface area contributed by atoms with Crippen LogP contribution in [0.4, 0.5) is 11.5 Å². The largest absolute Gasteiger partial charge is 0.364 e. The molecule has 1 aromatic carbocycles. The van der Waals surface area contributed by atoms with E-state index in [1.54, 1.807) is 19.2 Å². The number of nitrogens with zero attached hydrogens (tertiary/aromatic N) is 2. The Morgan fingerprint density at radius 3 is 2.65 bits per heavy atom. The molecule has 0 aliphatic carbocycles. The zero-order chi connectivity index (χ0) is 14.5. The van der Waals surface area contributed by atoms with E-state index in [1.165, 1.54) is 11.1 Å². The van der Waals surface area contributed by atoms with Gasteiger partial charge in [0.1, 0.15) is 0 Å². The van der Waals surface area contributed by atoms with Crippen LogP contribution in [0.1, 0.15) is 16.7 Å². The lowest BCUT2D eigenvalue weighted by atomic mass is 10.1. The van der Waals surface area contributed by atoms with Gasteiger partial charge < -0.3 is 5.32 Å². The van der Waals surface area contributed by atoms with Crippen molar-refractivity contribution in [2.45, 2.75) is 20.3 Å². The SMILES string of the molecule is Cc1ccccc1CCNc1nccc(C)c1[N+](=O)[O-]. The van der Waals surface area contributed by atoms with E-state index < -0.39 is 4.92 Å². The van der Waals surface area contributed by atoms with Crippen LogP contribution in [0.3, 0.4) is 0 Å². The van der Waals surface area contributed by atoms with E-state index >= 15 is 0 Å². The highest BCUT2D eigenvalue weighted by Gasteiger charge is 2.17. The van der Waals surface area contributed by atoms with Crippen molar-refractivity contribution >= 4 is 11.5 Å². The van der Waals surface area contributed by atoms with Crippen LogP contribution in [-0.4, -0.2) is 16.5 Å². The lowest BCUT2D eigenvalue weighted by Gasteiger charge is -2.09. The molecule has 0 radical (unpaired) electrons. The second-order valence-electron chi connectivity index (χ2n) is 4.69. The Kier molecular flexibility index (Phi) is 4.30. The number of nitrogens with one attached hydrogen (secondary N) is 1. The van der Waals surface area contributed by atoms with E-state index in [0.29, 0.717) is 17.9 Å². The molecule has 20 heavy (non-hydrogen) atoms. The fourth-order valence-electron chi connectivity index (χ4n) is 2.12. The number of aryl methyl sites for hydroxylation is 2. The maximum Gasteiger partial charge on any atom is 0.314 e.